The minimum Gasteiger partial charge on any atom is -0.481 e. The molecule has 6 nitrogen and oxygen atoms in total. The number of carboxylic acids is 2. The largest absolute Gasteiger partial charge is 0.481 e. The molecule has 0 unspecified atom stereocenters. The molecule has 0 aliphatic heterocycles. The molecule has 92 valence electrons. The second kappa shape index (κ2) is 6.47. The molecule has 0 saturated heterocycles. The van der Waals surface area contributed by atoms with Gasteiger partial charge in [-0.3, -0.25) is 4.79 Å². The van der Waals surface area contributed by atoms with Gasteiger partial charge in [-0.25, -0.2) is 9.78 Å². The van der Waals surface area contributed by atoms with Crippen LogP contribution in [0.5, 0.6) is 0 Å². The summed E-state index contributed by atoms with van der Waals surface area (Å²) in [5.74, 6) is -1.91. The van der Waals surface area contributed by atoms with Gasteiger partial charge in [-0.05, 0) is 25.0 Å². The first-order chi connectivity index (χ1) is 8.11. The van der Waals surface area contributed by atoms with Gasteiger partial charge in [0, 0.05) is 19.2 Å². The third-order valence-corrected chi connectivity index (χ3v) is 2.14. The number of carbonyl (C=O) groups is 2. The predicted molar refractivity (Wildman–Crippen MR) is 61.2 cm³/mol. The minimum absolute atomic E-state index is 0.0225. The van der Waals surface area contributed by atoms with Gasteiger partial charge >= 0.3 is 11.9 Å². The van der Waals surface area contributed by atoms with Crippen LogP contribution in [0.1, 0.15) is 29.8 Å². The smallest absolute Gasteiger partial charge is 0.356 e. The van der Waals surface area contributed by atoms with E-state index >= 15 is 0 Å². The Morgan fingerprint density at radius 1 is 1.29 bits per heavy atom. The van der Waals surface area contributed by atoms with E-state index < -0.39 is 11.9 Å². The van der Waals surface area contributed by atoms with Gasteiger partial charge in [-0.1, -0.05) is 0 Å². The van der Waals surface area contributed by atoms with Crippen LogP contribution in [0.25, 0.3) is 0 Å². The number of unbranched alkanes of at least 4 members (excludes halogenated alkanes) is 1. The number of nitrogens with zero attached hydrogens (tertiary/aromatic N) is 1. The van der Waals surface area contributed by atoms with Crippen LogP contribution in [-0.2, 0) is 4.79 Å². The average molecular weight is 238 g/mol. The molecule has 0 bridgehead atoms. The number of hydrogen-bond acceptors (Lipinski definition) is 4. The summed E-state index contributed by atoms with van der Waals surface area (Å²) in [4.78, 5) is 24.8. The minimum atomic E-state index is -1.08. The highest BCUT2D eigenvalue weighted by Crippen LogP contribution is 2.12. The first kappa shape index (κ1) is 13.0. The molecular formula is C11H14N2O4. The molecule has 0 aliphatic carbocycles. The Balaban J connectivity index is 2.41. The van der Waals surface area contributed by atoms with Crippen molar-refractivity contribution in [1.29, 1.82) is 0 Å². The van der Waals surface area contributed by atoms with E-state index in [1.54, 1.807) is 12.1 Å². The number of pyridine rings is 1. The van der Waals surface area contributed by atoms with E-state index in [1.807, 2.05) is 0 Å². The van der Waals surface area contributed by atoms with Crippen LogP contribution in [0.3, 0.4) is 0 Å². The zero-order valence-electron chi connectivity index (χ0n) is 9.22. The zero-order valence-corrected chi connectivity index (χ0v) is 9.22. The summed E-state index contributed by atoms with van der Waals surface area (Å²) in [6.07, 6.45) is 2.77. The van der Waals surface area contributed by atoms with E-state index in [4.69, 9.17) is 10.2 Å². The van der Waals surface area contributed by atoms with Gasteiger partial charge < -0.3 is 15.5 Å². The molecule has 6 heteroatoms. The number of aromatic nitrogens is 1. The van der Waals surface area contributed by atoms with E-state index in [9.17, 15) is 9.59 Å². The standard InChI is InChI=1S/C11H14N2O4/c14-9(15)5-1-2-6-12-8-4-3-7-13-10(8)11(16)17/h3-4,7,12H,1-2,5-6H2,(H,14,15)(H,16,17). The van der Waals surface area contributed by atoms with Gasteiger partial charge in [0.2, 0.25) is 0 Å². The molecular weight excluding hydrogens is 224 g/mol. The van der Waals surface area contributed by atoms with E-state index in [0.717, 1.165) is 0 Å². The molecule has 1 aromatic heterocycles. The molecule has 17 heavy (non-hydrogen) atoms. The fraction of sp³-hybridized carbons (Fsp3) is 0.364. The quantitative estimate of drug-likeness (QED) is 0.622. The van der Waals surface area contributed by atoms with Gasteiger partial charge in [0.15, 0.2) is 5.69 Å². The van der Waals surface area contributed by atoms with E-state index in [-0.39, 0.29) is 12.1 Å². The summed E-state index contributed by atoms with van der Waals surface area (Å²) in [6.45, 7) is 0.527. The molecule has 0 fully saturated rings. The maximum absolute atomic E-state index is 10.8. The van der Waals surface area contributed by atoms with E-state index in [0.29, 0.717) is 25.1 Å². The molecule has 1 heterocycles. The summed E-state index contributed by atoms with van der Waals surface area (Å²) < 4.78 is 0. The Labute approximate surface area is 98.3 Å². The van der Waals surface area contributed by atoms with Crippen LogP contribution in [0.15, 0.2) is 18.3 Å². The van der Waals surface area contributed by atoms with Crippen LogP contribution < -0.4 is 5.32 Å². The maximum Gasteiger partial charge on any atom is 0.356 e. The highest BCUT2D eigenvalue weighted by atomic mass is 16.4. The van der Waals surface area contributed by atoms with Crippen LogP contribution in [0, 0.1) is 0 Å². The third-order valence-electron chi connectivity index (χ3n) is 2.14. The lowest BCUT2D eigenvalue weighted by molar-refractivity contribution is -0.137. The lowest BCUT2D eigenvalue weighted by atomic mass is 10.2. The van der Waals surface area contributed by atoms with Crippen molar-refractivity contribution in [2.75, 3.05) is 11.9 Å². The molecule has 0 radical (unpaired) electrons. The monoisotopic (exact) mass is 238 g/mol. The van der Waals surface area contributed by atoms with Crippen LogP contribution in [0.4, 0.5) is 5.69 Å². The van der Waals surface area contributed by atoms with Crippen LogP contribution >= 0.6 is 0 Å². The highest BCUT2D eigenvalue weighted by Gasteiger charge is 2.09. The third kappa shape index (κ3) is 4.50. The molecule has 0 atom stereocenters. The Morgan fingerprint density at radius 2 is 2.06 bits per heavy atom. The molecule has 3 N–H and O–H groups in total. The maximum atomic E-state index is 10.8. The topological polar surface area (TPSA) is 99.5 Å². The predicted octanol–water partition coefficient (Wildman–Crippen LogP) is 1.45. The molecule has 0 aromatic carbocycles. The normalized spacial score (nSPS) is 9.88. The summed E-state index contributed by atoms with van der Waals surface area (Å²) in [6, 6.07) is 3.28. The van der Waals surface area contributed by atoms with Gasteiger partial charge in [0.25, 0.3) is 0 Å². The average Bonchev–Trinajstić information content (AvgIpc) is 2.28. The fourth-order valence-electron chi connectivity index (χ4n) is 1.34. The van der Waals surface area contributed by atoms with Crippen molar-refractivity contribution in [3.8, 4) is 0 Å². The molecule has 0 spiro atoms. The van der Waals surface area contributed by atoms with Crippen molar-refractivity contribution >= 4 is 17.6 Å². The Bertz CT molecular complexity index is 406. The molecule has 0 amide bonds. The number of carboxylic acid groups (broad SMARTS) is 2. The van der Waals surface area contributed by atoms with Gasteiger partial charge in [0.05, 0.1) is 5.69 Å². The SMILES string of the molecule is O=C(O)CCCCNc1cccnc1C(=O)O. The van der Waals surface area contributed by atoms with Crippen molar-refractivity contribution in [2.24, 2.45) is 0 Å². The van der Waals surface area contributed by atoms with Crippen LogP contribution in [0.2, 0.25) is 0 Å². The number of nitrogens with one attached hydrogen (secondary N) is 1. The van der Waals surface area contributed by atoms with Crippen molar-refractivity contribution in [1.82, 2.24) is 4.98 Å². The summed E-state index contributed by atoms with van der Waals surface area (Å²) >= 11 is 0. The number of rotatable bonds is 7. The molecule has 0 aliphatic rings. The summed E-state index contributed by atoms with van der Waals surface area (Å²) in [5, 5.41) is 20.2. The Hall–Kier alpha value is -2.11. The van der Waals surface area contributed by atoms with Crippen LogP contribution in [-0.4, -0.2) is 33.7 Å². The second-order valence-corrected chi connectivity index (χ2v) is 3.48. The first-order valence-corrected chi connectivity index (χ1v) is 5.25. The lowest BCUT2D eigenvalue weighted by Crippen LogP contribution is -2.09. The van der Waals surface area contributed by atoms with Crippen molar-refractivity contribution in [3.05, 3.63) is 24.0 Å². The summed E-state index contributed by atoms with van der Waals surface area (Å²) in [7, 11) is 0. The number of aliphatic carboxylic acids is 1. The second-order valence-electron chi connectivity index (χ2n) is 3.48. The van der Waals surface area contributed by atoms with Gasteiger partial charge in [-0.15, -0.1) is 0 Å². The fourth-order valence-corrected chi connectivity index (χ4v) is 1.34. The number of anilines is 1. The van der Waals surface area contributed by atoms with Crippen molar-refractivity contribution < 1.29 is 19.8 Å². The van der Waals surface area contributed by atoms with E-state index in [2.05, 4.69) is 10.3 Å². The number of aromatic carboxylic acids is 1. The van der Waals surface area contributed by atoms with Gasteiger partial charge in [0.1, 0.15) is 0 Å². The van der Waals surface area contributed by atoms with Crippen molar-refractivity contribution in [2.45, 2.75) is 19.3 Å². The Kier molecular flexibility index (Phi) is 4.93. The van der Waals surface area contributed by atoms with Crippen molar-refractivity contribution in [3.63, 3.8) is 0 Å². The summed E-state index contributed by atoms with van der Waals surface area (Å²) in [5.41, 5.74) is 0.432. The number of hydrogen-bond donors (Lipinski definition) is 3. The molecule has 1 rings (SSSR count). The lowest BCUT2D eigenvalue weighted by Gasteiger charge is -2.07. The van der Waals surface area contributed by atoms with Gasteiger partial charge in [-0.2, -0.15) is 0 Å². The Morgan fingerprint density at radius 3 is 2.71 bits per heavy atom. The van der Waals surface area contributed by atoms with E-state index in [1.165, 1.54) is 6.20 Å². The molecule has 1 aromatic rings. The first-order valence-electron chi connectivity index (χ1n) is 5.25. The molecule has 0 saturated carbocycles. The zero-order chi connectivity index (χ0) is 12.7. The highest BCUT2D eigenvalue weighted by molar-refractivity contribution is 5.91.